The molecule has 10 nitrogen and oxygen atoms in total. The molecule has 3 saturated heterocycles. The van der Waals surface area contributed by atoms with E-state index < -0.39 is 27.4 Å². The van der Waals surface area contributed by atoms with E-state index in [1.807, 2.05) is 49.9 Å². The molecule has 2 bridgehead atoms. The second-order valence-electron chi connectivity index (χ2n) is 13.3. The number of nitrogens with one attached hydrogen (secondary N) is 2. The van der Waals surface area contributed by atoms with Crippen LogP contribution >= 0.6 is 23.2 Å². The smallest absolute Gasteiger partial charge is 0.268 e. The third kappa shape index (κ3) is 6.07. The van der Waals surface area contributed by atoms with Crippen LogP contribution in [-0.4, -0.2) is 89.5 Å². The van der Waals surface area contributed by atoms with Gasteiger partial charge >= 0.3 is 0 Å². The summed E-state index contributed by atoms with van der Waals surface area (Å²) < 4.78 is 28.2. The summed E-state index contributed by atoms with van der Waals surface area (Å²) >= 11 is 12.2. The molecule has 4 atom stereocenters. The van der Waals surface area contributed by atoms with E-state index in [2.05, 4.69) is 10.3 Å². The Morgan fingerprint density at radius 1 is 0.978 bits per heavy atom. The maximum atomic E-state index is 13.9. The average molecular weight is 675 g/mol. The zero-order valence-electron chi connectivity index (χ0n) is 25.4. The summed E-state index contributed by atoms with van der Waals surface area (Å²) in [6.45, 7) is 6.90. The first kappa shape index (κ1) is 31.8. The van der Waals surface area contributed by atoms with Gasteiger partial charge in [0.05, 0.1) is 23.0 Å². The third-order valence-electron chi connectivity index (χ3n) is 9.21. The van der Waals surface area contributed by atoms with Crippen molar-refractivity contribution in [2.24, 2.45) is 11.3 Å². The van der Waals surface area contributed by atoms with Gasteiger partial charge in [0.1, 0.15) is 16.6 Å². The molecule has 0 radical (unpaired) electrons. The lowest BCUT2D eigenvalue weighted by Gasteiger charge is -2.41. The minimum atomic E-state index is -3.91. The lowest BCUT2D eigenvalue weighted by atomic mass is 9.85. The number of H-pyrrole nitrogens is 1. The van der Waals surface area contributed by atoms with E-state index in [4.69, 9.17) is 23.2 Å². The van der Waals surface area contributed by atoms with Crippen molar-refractivity contribution in [3.05, 3.63) is 64.3 Å². The number of aromatic amines is 1. The summed E-state index contributed by atoms with van der Waals surface area (Å²) in [5.41, 5.74) is 0.676. The highest BCUT2D eigenvalue weighted by Gasteiger charge is 2.51. The topological polar surface area (TPSA) is 123 Å². The lowest BCUT2D eigenvalue weighted by Crippen LogP contribution is -2.60. The van der Waals surface area contributed by atoms with Crippen molar-refractivity contribution >= 4 is 61.8 Å². The summed E-state index contributed by atoms with van der Waals surface area (Å²) in [5.74, 6) is -1.09. The first-order valence-electron chi connectivity index (χ1n) is 15.2. The molecule has 3 aromatic rings. The number of amides is 3. The Bertz CT molecular complexity index is 1740. The van der Waals surface area contributed by atoms with Gasteiger partial charge in [0.25, 0.3) is 5.91 Å². The van der Waals surface area contributed by atoms with Crippen molar-refractivity contribution < 1.29 is 22.8 Å². The number of rotatable bonds is 6. The van der Waals surface area contributed by atoms with Gasteiger partial charge in [0.15, 0.2) is 0 Å². The Labute approximate surface area is 273 Å². The van der Waals surface area contributed by atoms with Crippen LogP contribution in [0.4, 0.5) is 0 Å². The molecule has 0 unspecified atom stereocenters. The number of fused-ring (bicyclic) bond motifs is 3. The number of piperazine rings is 1. The van der Waals surface area contributed by atoms with Crippen LogP contribution in [0.25, 0.3) is 10.9 Å². The summed E-state index contributed by atoms with van der Waals surface area (Å²) in [4.78, 5) is 47.7. The van der Waals surface area contributed by atoms with Gasteiger partial charge in [-0.05, 0) is 55.0 Å². The number of carbonyl (C=O) groups excluding carboxylic acids is 3. The van der Waals surface area contributed by atoms with E-state index in [0.717, 1.165) is 10.9 Å². The molecule has 2 N–H and O–H groups in total. The fourth-order valence-electron chi connectivity index (χ4n) is 6.85. The summed E-state index contributed by atoms with van der Waals surface area (Å²) in [7, 11) is -3.91. The van der Waals surface area contributed by atoms with Crippen LogP contribution in [0.2, 0.25) is 10.0 Å². The number of piperidine rings is 1. The van der Waals surface area contributed by atoms with Gasteiger partial charge in [-0.15, -0.1) is 0 Å². The summed E-state index contributed by atoms with van der Waals surface area (Å²) in [5, 5.41) is 4.27. The van der Waals surface area contributed by atoms with E-state index in [9.17, 15) is 22.8 Å². The predicted molar refractivity (Wildman–Crippen MR) is 173 cm³/mol. The van der Waals surface area contributed by atoms with E-state index in [1.54, 1.807) is 11.0 Å². The number of hydrogen-bond acceptors (Lipinski definition) is 5. The number of likely N-dealkylation sites (tertiary alicyclic amines) is 2. The molecule has 13 heteroatoms. The summed E-state index contributed by atoms with van der Waals surface area (Å²) in [6.07, 6.45) is 1.79. The number of nitrogens with zero attached hydrogens (tertiary/aromatic N) is 3. The van der Waals surface area contributed by atoms with E-state index in [1.165, 1.54) is 22.5 Å². The van der Waals surface area contributed by atoms with Crippen LogP contribution in [0, 0.1) is 11.3 Å². The highest BCUT2D eigenvalue weighted by Crippen LogP contribution is 2.36. The van der Waals surface area contributed by atoms with Crippen LogP contribution < -0.4 is 5.32 Å². The van der Waals surface area contributed by atoms with Crippen LogP contribution in [0.15, 0.2) is 53.4 Å². The Hall–Kier alpha value is -3.12. The average Bonchev–Trinajstić information content (AvgIpc) is 3.73. The zero-order valence-corrected chi connectivity index (χ0v) is 27.8. The molecular formula is C32H37Cl2N5O5S. The molecule has 3 aliphatic rings. The molecule has 1 aromatic heterocycles. The van der Waals surface area contributed by atoms with Gasteiger partial charge in [0.2, 0.25) is 21.8 Å². The number of aromatic nitrogens is 1. The molecular weight excluding hydrogens is 637 g/mol. The number of benzene rings is 2. The molecule has 0 spiro atoms. The molecule has 3 fully saturated rings. The van der Waals surface area contributed by atoms with Gasteiger partial charge in [-0.1, -0.05) is 62.2 Å². The maximum Gasteiger partial charge on any atom is 0.268 e. The van der Waals surface area contributed by atoms with Crippen molar-refractivity contribution in [1.82, 2.24) is 24.4 Å². The number of hydrogen-bond donors (Lipinski definition) is 2. The molecule has 2 aromatic carbocycles. The molecule has 6 rings (SSSR count). The Balaban J connectivity index is 1.11. The van der Waals surface area contributed by atoms with Crippen molar-refractivity contribution in [2.75, 3.05) is 26.2 Å². The van der Waals surface area contributed by atoms with Crippen LogP contribution in [0.3, 0.4) is 0 Å². The monoisotopic (exact) mass is 673 g/mol. The molecule has 3 aliphatic heterocycles. The molecule has 3 amide bonds. The largest absolute Gasteiger partial charge is 0.351 e. The van der Waals surface area contributed by atoms with E-state index >= 15 is 0 Å². The van der Waals surface area contributed by atoms with E-state index in [-0.39, 0.29) is 46.3 Å². The van der Waals surface area contributed by atoms with Gasteiger partial charge in [-0.25, -0.2) is 8.42 Å². The van der Waals surface area contributed by atoms with Crippen LogP contribution in [0.1, 0.15) is 50.5 Å². The highest BCUT2D eigenvalue weighted by molar-refractivity contribution is 7.89. The molecule has 0 aliphatic carbocycles. The number of halogens is 2. The number of carbonyl (C=O) groups is 3. The normalized spacial score (nSPS) is 23.0. The second kappa shape index (κ2) is 11.9. The second-order valence-corrected chi connectivity index (χ2v) is 16.1. The van der Waals surface area contributed by atoms with Crippen LogP contribution in [-0.2, 0) is 19.6 Å². The molecule has 240 valence electrons. The molecule has 45 heavy (non-hydrogen) atoms. The minimum Gasteiger partial charge on any atom is -0.351 e. The van der Waals surface area contributed by atoms with Crippen molar-refractivity contribution in [3.63, 3.8) is 0 Å². The molecule has 4 heterocycles. The number of para-hydroxylation sites is 1. The maximum absolute atomic E-state index is 13.9. The predicted octanol–water partition coefficient (Wildman–Crippen LogP) is 4.53. The van der Waals surface area contributed by atoms with Crippen molar-refractivity contribution in [1.29, 1.82) is 0 Å². The first-order valence-corrected chi connectivity index (χ1v) is 17.4. The van der Waals surface area contributed by atoms with Gasteiger partial charge in [0, 0.05) is 42.1 Å². The fourth-order valence-corrected chi connectivity index (χ4v) is 9.12. The Morgan fingerprint density at radius 2 is 1.69 bits per heavy atom. The summed E-state index contributed by atoms with van der Waals surface area (Å²) in [6, 6.07) is 12.6. The standard InChI is InChI=1S/C32H37Cl2N5O5S/c1-32(2,3)28(36-29(40)26-13-19-7-4-5-9-25(19)35-26)31(42)39-18-22-15-23(39)17-38(22)30(41)20-8-6-12-37(16-20)45(43,44)27-11-10-21(33)14-24(27)34/h4-5,7,9-11,13-14,20,22-23,28,35H,6,8,12,15-18H2,1-3H3,(H,36,40)/t20-,22+,23+,28-/m1/s1. The fraction of sp³-hybridized carbons (Fsp3) is 0.469. The Morgan fingerprint density at radius 3 is 2.36 bits per heavy atom. The zero-order chi connectivity index (χ0) is 32.3. The molecule has 0 saturated carbocycles. The van der Waals surface area contributed by atoms with Gasteiger partial charge in [-0.2, -0.15) is 4.31 Å². The van der Waals surface area contributed by atoms with Gasteiger partial charge < -0.3 is 20.1 Å². The third-order valence-corrected chi connectivity index (χ3v) is 11.8. The lowest BCUT2D eigenvalue weighted by molar-refractivity contribution is -0.145. The highest BCUT2D eigenvalue weighted by atomic mass is 35.5. The minimum absolute atomic E-state index is 0.0268. The number of sulfonamides is 1. The van der Waals surface area contributed by atoms with Crippen LogP contribution in [0.5, 0.6) is 0 Å². The Kier molecular flexibility index (Phi) is 8.43. The van der Waals surface area contributed by atoms with Gasteiger partial charge in [-0.3, -0.25) is 14.4 Å². The van der Waals surface area contributed by atoms with Crippen molar-refractivity contribution in [2.45, 2.75) is 63.1 Å². The SMILES string of the molecule is CC(C)(C)[C@H](NC(=O)c1cc2ccccc2[nH]1)C(=O)N1C[C@@H]2C[C@H]1CN2C(=O)[C@@H]1CCCN(S(=O)(=O)c2ccc(Cl)cc2Cl)C1. The first-order chi connectivity index (χ1) is 21.2. The quantitative estimate of drug-likeness (QED) is 0.398. The van der Waals surface area contributed by atoms with E-state index in [0.29, 0.717) is 49.6 Å². The van der Waals surface area contributed by atoms with Crippen molar-refractivity contribution in [3.8, 4) is 0 Å².